The van der Waals surface area contributed by atoms with Crippen molar-refractivity contribution in [3.05, 3.63) is 34.6 Å². The van der Waals surface area contributed by atoms with Crippen molar-refractivity contribution in [1.82, 2.24) is 10.2 Å². The summed E-state index contributed by atoms with van der Waals surface area (Å²) in [5, 5.41) is 3.21. The van der Waals surface area contributed by atoms with Crippen LogP contribution in [0.3, 0.4) is 0 Å². The van der Waals surface area contributed by atoms with Gasteiger partial charge in [-0.15, -0.1) is 0 Å². The minimum Gasteiger partial charge on any atom is -0.385 e. The molecule has 1 aromatic carbocycles. The molecule has 1 saturated heterocycles. The van der Waals surface area contributed by atoms with Crippen LogP contribution in [0.1, 0.15) is 82.6 Å². The topological polar surface area (TPSA) is 41.6 Å². The molecule has 36 heavy (non-hydrogen) atoms. The number of amides is 1. The molecule has 0 spiro atoms. The van der Waals surface area contributed by atoms with Gasteiger partial charge in [0.25, 0.3) is 0 Å². The van der Waals surface area contributed by atoms with E-state index < -0.39 is 17.4 Å². The summed E-state index contributed by atoms with van der Waals surface area (Å²) in [4.78, 5) is 15.3. The van der Waals surface area contributed by atoms with Crippen molar-refractivity contribution in [1.29, 1.82) is 0 Å². The minimum absolute atomic E-state index is 0.0251. The SMILES string of the molecule is CNC[C@@H](CC(=O)N1CCC[C@@H]([C@@](F)(CCCCOC)c2cccc(Cl)c2F)C1)CC1CCCCC1. The molecule has 0 bridgehead atoms. The second-order valence-electron chi connectivity index (χ2n) is 11.0. The summed E-state index contributed by atoms with van der Waals surface area (Å²) in [6.07, 6.45) is 10.8. The van der Waals surface area contributed by atoms with Crippen molar-refractivity contribution in [2.75, 3.05) is 40.4 Å². The van der Waals surface area contributed by atoms with Crippen molar-refractivity contribution in [3.63, 3.8) is 0 Å². The highest BCUT2D eigenvalue weighted by molar-refractivity contribution is 6.30. The van der Waals surface area contributed by atoms with Gasteiger partial charge >= 0.3 is 0 Å². The van der Waals surface area contributed by atoms with Gasteiger partial charge in [0.2, 0.25) is 5.91 Å². The largest absolute Gasteiger partial charge is 0.385 e. The molecule has 204 valence electrons. The summed E-state index contributed by atoms with van der Waals surface area (Å²) in [5.41, 5.74) is -1.86. The molecular weight excluding hydrogens is 482 g/mol. The number of alkyl halides is 1. The van der Waals surface area contributed by atoms with E-state index in [0.717, 1.165) is 19.4 Å². The maximum atomic E-state index is 16.9. The van der Waals surface area contributed by atoms with Crippen LogP contribution < -0.4 is 5.32 Å². The fourth-order valence-electron chi connectivity index (χ4n) is 6.39. The maximum Gasteiger partial charge on any atom is 0.222 e. The van der Waals surface area contributed by atoms with E-state index >= 15 is 8.78 Å². The van der Waals surface area contributed by atoms with Crippen molar-refractivity contribution in [2.45, 2.75) is 82.7 Å². The van der Waals surface area contributed by atoms with Crippen LogP contribution in [0.2, 0.25) is 5.02 Å². The molecule has 1 aliphatic heterocycles. The first-order valence-corrected chi connectivity index (χ1v) is 14.3. The Morgan fingerprint density at radius 2 is 2.00 bits per heavy atom. The zero-order valence-corrected chi connectivity index (χ0v) is 22.9. The highest BCUT2D eigenvalue weighted by Crippen LogP contribution is 2.45. The molecule has 3 rings (SSSR count). The summed E-state index contributed by atoms with van der Waals surface area (Å²) < 4.78 is 37.1. The summed E-state index contributed by atoms with van der Waals surface area (Å²) in [5.74, 6) is -0.0507. The third kappa shape index (κ3) is 7.88. The lowest BCUT2D eigenvalue weighted by Gasteiger charge is -2.42. The molecule has 1 N–H and O–H groups in total. The van der Waals surface area contributed by atoms with Crippen LogP contribution >= 0.6 is 11.6 Å². The highest BCUT2D eigenvalue weighted by atomic mass is 35.5. The third-order valence-electron chi connectivity index (χ3n) is 8.31. The van der Waals surface area contributed by atoms with E-state index in [9.17, 15) is 4.79 Å². The number of unbranched alkanes of at least 4 members (excludes halogenated alkanes) is 1. The quantitative estimate of drug-likeness (QED) is 0.284. The van der Waals surface area contributed by atoms with Crippen molar-refractivity contribution < 1.29 is 18.3 Å². The predicted octanol–water partition coefficient (Wildman–Crippen LogP) is 6.90. The number of benzene rings is 1. The lowest BCUT2D eigenvalue weighted by Crippen LogP contribution is -2.47. The summed E-state index contributed by atoms with van der Waals surface area (Å²) in [7, 11) is 3.56. The van der Waals surface area contributed by atoms with Gasteiger partial charge in [0.05, 0.1) is 5.02 Å². The van der Waals surface area contributed by atoms with E-state index in [1.807, 2.05) is 11.9 Å². The number of likely N-dealkylation sites (tertiary alicyclic amines) is 1. The Labute approximate surface area is 221 Å². The average molecular weight is 527 g/mol. The molecule has 2 aliphatic rings. The fraction of sp³-hybridized carbons (Fsp3) is 0.759. The number of methoxy groups -OCH3 is 1. The van der Waals surface area contributed by atoms with Gasteiger partial charge in [-0.1, -0.05) is 55.8 Å². The molecule has 1 amide bonds. The highest BCUT2D eigenvalue weighted by Gasteiger charge is 2.45. The zero-order valence-electron chi connectivity index (χ0n) is 22.2. The molecule has 7 heteroatoms. The van der Waals surface area contributed by atoms with Gasteiger partial charge in [0.15, 0.2) is 0 Å². The van der Waals surface area contributed by atoms with Crippen LogP contribution in [0.5, 0.6) is 0 Å². The summed E-state index contributed by atoms with van der Waals surface area (Å²) >= 11 is 6.06. The van der Waals surface area contributed by atoms with Gasteiger partial charge < -0.3 is 15.0 Å². The van der Waals surface area contributed by atoms with Crippen molar-refractivity contribution in [2.24, 2.45) is 17.8 Å². The van der Waals surface area contributed by atoms with Gasteiger partial charge in [0.1, 0.15) is 11.5 Å². The standard InChI is InChI=1S/C29H45ClF2N2O2/c1-33-20-23(18-22-10-4-3-5-11-22)19-27(35)34-16-9-12-24(21-34)29(32,15-6-7-17-36-2)25-13-8-14-26(30)28(25)31/h8,13-14,22-24,33H,3-7,9-12,15-21H2,1-2H3/t23-,24-,29+/m1/s1. The smallest absolute Gasteiger partial charge is 0.222 e. The first kappa shape index (κ1) is 29.3. The first-order valence-electron chi connectivity index (χ1n) is 13.9. The number of nitrogens with one attached hydrogen (secondary N) is 1. The first-order chi connectivity index (χ1) is 17.4. The number of halogens is 3. The Hall–Kier alpha value is -1.24. The van der Waals surface area contributed by atoms with Crippen LogP contribution in [0.25, 0.3) is 0 Å². The molecular formula is C29H45ClF2N2O2. The fourth-order valence-corrected chi connectivity index (χ4v) is 6.56. The maximum absolute atomic E-state index is 16.9. The second-order valence-corrected chi connectivity index (χ2v) is 11.4. The third-order valence-corrected chi connectivity index (χ3v) is 8.60. The molecule has 0 radical (unpaired) electrons. The number of hydrogen-bond donors (Lipinski definition) is 1. The van der Waals surface area contributed by atoms with E-state index in [1.54, 1.807) is 13.2 Å². The second kappa shape index (κ2) is 14.6. The van der Waals surface area contributed by atoms with Crippen LogP contribution in [0.4, 0.5) is 8.78 Å². The number of carbonyl (C=O) groups excluding carboxylic acids is 1. The van der Waals surface area contributed by atoms with E-state index in [1.165, 1.54) is 44.2 Å². The van der Waals surface area contributed by atoms with E-state index in [-0.39, 0.29) is 22.9 Å². The number of ether oxygens (including phenoxy) is 1. The van der Waals surface area contributed by atoms with Gasteiger partial charge in [0, 0.05) is 44.7 Å². The van der Waals surface area contributed by atoms with Crippen molar-refractivity contribution >= 4 is 17.5 Å². The zero-order chi connectivity index (χ0) is 26.0. The lowest BCUT2D eigenvalue weighted by atomic mass is 9.75. The molecule has 0 aromatic heterocycles. The average Bonchev–Trinajstić information content (AvgIpc) is 2.89. The molecule has 1 aromatic rings. The predicted molar refractivity (Wildman–Crippen MR) is 142 cm³/mol. The van der Waals surface area contributed by atoms with E-state index in [0.29, 0.717) is 57.2 Å². The van der Waals surface area contributed by atoms with Gasteiger partial charge in [-0.05, 0) is 70.0 Å². The van der Waals surface area contributed by atoms with Crippen LogP contribution in [0.15, 0.2) is 18.2 Å². The molecule has 3 atom stereocenters. The van der Waals surface area contributed by atoms with Gasteiger partial charge in [-0.2, -0.15) is 0 Å². The van der Waals surface area contributed by atoms with Crippen LogP contribution in [0, 0.1) is 23.6 Å². The number of rotatable bonds is 13. The molecule has 4 nitrogen and oxygen atoms in total. The molecule has 2 fully saturated rings. The summed E-state index contributed by atoms with van der Waals surface area (Å²) in [6, 6.07) is 4.59. The van der Waals surface area contributed by atoms with E-state index in [2.05, 4.69) is 5.32 Å². The number of piperidine rings is 1. The summed E-state index contributed by atoms with van der Waals surface area (Å²) in [6.45, 7) is 2.32. The number of nitrogens with zero attached hydrogens (tertiary/aromatic N) is 1. The Bertz CT molecular complexity index is 820. The Kier molecular flexibility index (Phi) is 11.9. The molecule has 1 saturated carbocycles. The number of hydrogen-bond acceptors (Lipinski definition) is 3. The Morgan fingerprint density at radius 1 is 1.22 bits per heavy atom. The monoisotopic (exact) mass is 526 g/mol. The molecule has 0 unspecified atom stereocenters. The molecule has 1 aliphatic carbocycles. The van der Waals surface area contributed by atoms with Crippen molar-refractivity contribution in [3.8, 4) is 0 Å². The van der Waals surface area contributed by atoms with Crippen LogP contribution in [-0.4, -0.2) is 51.2 Å². The lowest BCUT2D eigenvalue weighted by molar-refractivity contribution is -0.136. The van der Waals surface area contributed by atoms with Crippen LogP contribution in [-0.2, 0) is 15.2 Å². The Morgan fingerprint density at radius 3 is 2.72 bits per heavy atom. The molecule has 1 heterocycles. The number of carbonyl (C=O) groups is 1. The minimum atomic E-state index is -1.88. The van der Waals surface area contributed by atoms with Gasteiger partial charge in [-0.3, -0.25) is 4.79 Å². The van der Waals surface area contributed by atoms with E-state index in [4.69, 9.17) is 16.3 Å². The Balaban J connectivity index is 1.72. The normalized spacial score (nSPS) is 21.8. The van der Waals surface area contributed by atoms with Gasteiger partial charge in [-0.25, -0.2) is 8.78 Å².